The molecule has 3 nitrogen and oxygen atoms in total. The summed E-state index contributed by atoms with van der Waals surface area (Å²) in [5, 5.41) is 2.94. The summed E-state index contributed by atoms with van der Waals surface area (Å²) >= 11 is 5.49. The first-order valence-electron chi connectivity index (χ1n) is 5.81. The molecule has 0 aliphatic carbocycles. The Labute approximate surface area is 97.2 Å². The molecule has 0 aromatic carbocycles. The molecule has 1 saturated heterocycles. The van der Waals surface area contributed by atoms with Gasteiger partial charge < -0.3 is 10.2 Å². The van der Waals surface area contributed by atoms with Crippen LogP contribution < -0.4 is 5.32 Å². The lowest BCUT2D eigenvalue weighted by atomic mass is 10.1. The molecule has 1 heterocycles. The fraction of sp³-hybridized carbons (Fsp3) is 0.909. The lowest BCUT2D eigenvalue weighted by Gasteiger charge is -2.14. The van der Waals surface area contributed by atoms with Gasteiger partial charge in [-0.3, -0.25) is 4.79 Å². The van der Waals surface area contributed by atoms with Gasteiger partial charge in [-0.15, -0.1) is 11.6 Å². The van der Waals surface area contributed by atoms with Gasteiger partial charge in [0.2, 0.25) is 5.91 Å². The minimum Gasteiger partial charge on any atom is -0.356 e. The maximum atomic E-state index is 11.2. The zero-order valence-electron chi connectivity index (χ0n) is 9.47. The Morgan fingerprint density at radius 2 is 2.40 bits per heavy atom. The fourth-order valence-corrected chi connectivity index (χ4v) is 2.20. The molecule has 1 unspecified atom stereocenters. The molecule has 0 aromatic heterocycles. The average molecular weight is 233 g/mol. The van der Waals surface area contributed by atoms with Gasteiger partial charge in [-0.1, -0.05) is 6.92 Å². The van der Waals surface area contributed by atoms with E-state index in [0.29, 0.717) is 18.2 Å². The largest absolute Gasteiger partial charge is 0.356 e. The number of nitrogens with one attached hydrogen (secondary N) is 1. The number of nitrogens with zero attached hydrogens (tertiary/aromatic N) is 1. The monoisotopic (exact) mass is 232 g/mol. The summed E-state index contributed by atoms with van der Waals surface area (Å²) < 4.78 is 0. The number of likely N-dealkylation sites (tertiary alicyclic amines) is 1. The van der Waals surface area contributed by atoms with Gasteiger partial charge in [-0.2, -0.15) is 0 Å². The predicted octanol–water partition coefficient (Wildman–Crippen LogP) is 1.46. The van der Waals surface area contributed by atoms with E-state index in [-0.39, 0.29) is 5.91 Å². The standard InChI is InChI=1S/C11H21ClN2O/c1-2-6-14-7-4-10(9-14)8-13-11(15)3-5-12/h10H,2-9H2,1H3,(H,13,15). The molecule has 0 spiro atoms. The van der Waals surface area contributed by atoms with Crippen LogP contribution in [0.3, 0.4) is 0 Å². The number of carbonyl (C=O) groups is 1. The maximum absolute atomic E-state index is 11.2. The summed E-state index contributed by atoms with van der Waals surface area (Å²) in [5.41, 5.74) is 0. The van der Waals surface area contributed by atoms with Gasteiger partial charge in [-0.05, 0) is 31.8 Å². The van der Waals surface area contributed by atoms with Crippen molar-refractivity contribution in [3.63, 3.8) is 0 Å². The first-order valence-corrected chi connectivity index (χ1v) is 6.34. The van der Waals surface area contributed by atoms with Crippen molar-refractivity contribution in [3.05, 3.63) is 0 Å². The molecule has 1 amide bonds. The third kappa shape index (κ3) is 4.85. The van der Waals surface area contributed by atoms with E-state index in [9.17, 15) is 4.79 Å². The van der Waals surface area contributed by atoms with Crippen molar-refractivity contribution in [2.45, 2.75) is 26.2 Å². The SMILES string of the molecule is CCCN1CCC(CNC(=O)CCCl)C1. The molecule has 15 heavy (non-hydrogen) atoms. The maximum Gasteiger partial charge on any atom is 0.221 e. The van der Waals surface area contributed by atoms with Gasteiger partial charge >= 0.3 is 0 Å². The second-order valence-electron chi connectivity index (χ2n) is 4.20. The molecule has 0 saturated carbocycles. The van der Waals surface area contributed by atoms with E-state index in [2.05, 4.69) is 17.1 Å². The van der Waals surface area contributed by atoms with E-state index in [1.165, 1.54) is 25.9 Å². The van der Waals surface area contributed by atoms with E-state index < -0.39 is 0 Å². The van der Waals surface area contributed by atoms with Crippen molar-refractivity contribution in [3.8, 4) is 0 Å². The van der Waals surface area contributed by atoms with Crippen LogP contribution >= 0.6 is 11.6 Å². The molecule has 1 fully saturated rings. The third-order valence-corrected chi connectivity index (χ3v) is 3.01. The molecular formula is C11H21ClN2O. The summed E-state index contributed by atoms with van der Waals surface area (Å²) in [6.07, 6.45) is 2.86. The van der Waals surface area contributed by atoms with Crippen molar-refractivity contribution in [2.24, 2.45) is 5.92 Å². The van der Waals surface area contributed by atoms with Crippen molar-refractivity contribution in [2.75, 3.05) is 32.1 Å². The highest BCUT2D eigenvalue weighted by Crippen LogP contribution is 2.15. The van der Waals surface area contributed by atoms with E-state index in [1.807, 2.05) is 0 Å². The second-order valence-corrected chi connectivity index (χ2v) is 4.58. The Morgan fingerprint density at radius 1 is 1.60 bits per heavy atom. The first-order chi connectivity index (χ1) is 7.26. The second kappa shape index (κ2) is 7.07. The smallest absolute Gasteiger partial charge is 0.221 e. The van der Waals surface area contributed by atoms with E-state index >= 15 is 0 Å². The topological polar surface area (TPSA) is 32.3 Å². The molecule has 1 N–H and O–H groups in total. The Hall–Kier alpha value is -0.280. The molecule has 1 atom stereocenters. The molecule has 4 heteroatoms. The van der Waals surface area contributed by atoms with E-state index in [4.69, 9.17) is 11.6 Å². The van der Waals surface area contributed by atoms with Crippen molar-refractivity contribution in [1.82, 2.24) is 10.2 Å². The van der Waals surface area contributed by atoms with Gasteiger partial charge in [0.05, 0.1) is 0 Å². The quantitative estimate of drug-likeness (QED) is 0.704. The summed E-state index contributed by atoms with van der Waals surface area (Å²) in [5.74, 6) is 1.13. The molecule has 1 aliphatic heterocycles. The van der Waals surface area contributed by atoms with Crippen LogP contribution in [-0.2, 0) is 4.79 Å². The summed E-state index contributed by atoms with van der Waals surface area (Å²) in [6, 6.07) is 0. The molecule has 88 valence electrons. The molecule has 0 radical (unpaired) electrons. The molecule has 1 aliphatic rings. The number of hydrogen-bond acceptors (Lipinski definition) is 2. The fourth-order valence-electron chi connectivity index (χ4n) is 2.03. The number of amides is 1. The Balaban J connectivity index is 2.10. The average Bonchev–Trinajstić information content (AvgIpc) is 2.64. The van der Waals surface area contributed by atoms with Gasteiger partial charge in [0.1, 0.15) is 0 Å². The van der Waals surface area contributed by atoms with Gasteiger partial charge in [-0.25, -0.2) is 0 Å². The van der Waals surface area contributed by atoms with Crippen LogP contribution in [0.1, 0.15) is 26.2 Å². The lowest BCUT2D eigenvalue weighted by Crippen LogP contribution is -2.31. The van der Waals surface area contributed by atoms with Gasteiger partial charge in [0.15, 0.2) is 0 Å². The molecule has 0 bridgehead atoms. The zero-order chi connectivity index (χ0) is 11.1. The minimum atomic E-state index is 0.0824. The molecular weight excluding hydrogens is 212 g/mol. The van der Waals surface area contributed by atoms with Crippen LogP contribution in [0.15, 0.2) is 0 Å². The molecule has 0 aromatic rings. The Bertz CT molecular complexity index is 199. The summed E-state index contributed by atoms with van der Waals surface area (Å²) in [4.78, 5) is 13.7. The highest BCUT2D eigenvalue weighted by molar-refractivity contribution is 6.18. The van der Waals surface area contributed by atoms with Crippen LogP contribution in [-0.4, -0.2) is 42.9 Å². The number of carbonyl (C=O) groups excluding carboxylic acids is 1. The van der Waals surface area contributed by atoms with Crippen LogP contribution in [0.4, 0.5) is 0 Å². The molecule has 1 rings (SSSR count). The van der Waals surface area contributed by atoms with Crippen molar-refractivity contribution in [1.29, 1.82) is 0 Å². The first kappa shape index (κ1) is 12.8. The summed E-state index contributed by atoms with van der Waals surface area (Å²) in [7, 11) is 0. The van der Waals surface area contributed by atoms with Crippen LogP contribution in [0, 0.1) is 5.92 Å². The number of alkyl halides is 1. The van der Waals surface area contributed by atoms with Crippen molar-refractivity contribution < 1.29 is 4.79 Å². The minimum absolute atomic E-state index is 0.0824. The summed E-state index contributed by atoms with van der Waals surface area (Å²) in [6.45, 7) is 6.52. The van der Waals surface area contributed by atoms with Crippen LogP contribution in [0.5, 0.6) is 0 Å². The van der Waals surface area contributed by atoms with Gasteiger partial charge in [0.25, 0.3) is 0 Å². The van der Waals surface area contributed by atoms with Crippen molar-refractivity contribution >= 4 is 17.5 Å². The predicted molar refractivity (Wildman–Crippen MR) is 63.2 cm³/mol. The Morgan fingerprint density at radius 3 is 3.07 bits per heavy atom. The number of rotatable bonds is 6. The third-order valence-electron chi connectivity index (χ3n) is 2.82. The lowest BCUT2D eigenvalue weighted by molar-refractivity contribution is -0.120. The highest BCUT2D eigenvalue weighted by Gasteiger charge is 2.21. The zero-order valence-corrected chi connectivity index (χ0v) is 10.2. The number of halogens is 1. The highest BCUT2D eigenvalue weighted by atomic mass is 35.5. The van der Waals surface area contributed by atoms with Crippen LogP contribution in [0.2, 0.25) is 0 Å². The van der Waals surface area contributed by atoms with Crippen LogP contribution in [0.25, 0.3) is 0 Å². The van der Waals surface area contributed by atoms with E-state index in [1.54, 1.807) is 0 Å². The normalized spacial score (nSPS) is 21.9. The van der Waals surface area contributed by atoms with E-state index in [0.717, 1.165) is 13.1 Å². The number of hydrogen-bond donors (Lipinski definition) is 1. The Kier molecular flexibility index (Phi) is 6.03. The van der Waals surface area contributed by atoms with Gasteiger partial charge in [0, 0.05) is 25.4 Å².